The van der Waals surface area contributed by atoms with Crippen molar-refractivity contribution >= 4 is 23.6 Å². The van der Waals surface area contributed by atoms with Gasteiger partial charge >= 0.3 is 11.9 Å². The van der Waals surface area contributed by atoms with Gasteiger partial charge in [0.15, 0.2) is 5.78 Å². The summed E-state index contributed by atoms with van der Waals surface area (Å²) in [5.74, 6) is -1.54. The van der Waals surface area contributed by atoms with Crippen LogP contribution in [0.4, 0.5) is 0 Å². The number of primary amides is 1. The molecule has 0 atom stereocenters. The van der Waals surface area contributed by atoms with Gasteiger partial charge in [0, 0.05) is 19.7 Å². The molecule has 0 aliphatic rings. The molecule has 0 radical (unpaired) electrons. The Bertz CT molecular complexity index is 724. The van der Waals surface area contributed by atoms with Crippen molar-refractivity contribution < 1.29 is 33.4 Å². The molecule has 1 aromatic rings. The number of carbonyl (C=O) groups is 4. The van der Waals surface area contributed by atoms with Crippen molar-refractivity contribution in [3.63, 3.8) is 0 Å². The molecule has 0 fully saturated rings. The van der Waals surface area contributed by atoms with Gasteiger partial charge < -0.3 is 19.9 Å². The maximum absolute atomic E-state index is 11.2. The Morgan fingerprint density at radius 2 is 1.60 bits per heavy atom. The van der Waals surface area contributed by atoms with E-state index in [0.29, 0.717) is 30.9 Å². The van der Waals surface area contributed by atoms with E-state index in [9.17, 15) is 19.2 Å². The number of hydrogen-bond donors (Lipinski definition) is 1. The first kappa shape index (κ1) is 29.0. The number of aromatic nitrogens is 2. The van der Waals surface area contributed by atoms with Gasteiger partial charge in [-0.1, -0.05) is 6.92 Å². The second-order valence-corrected chi connectivity index (χ2v) is 5.61. The van der Waals surface area contributed by atoms with Crippen molar-refractivity contribution in [3.05, 3.63) is 29.3 Å². The summed E-state index contributed by atoms with van der Waals surface area (Å²) in [6.45, 7) is 11.1. The van der Waals surface area contributed by atoms with E-state index in [1.165, 1.54) is 6.92 Å². The summed E-state index contributed by atoms with van der Waals surface area (Å²) in [5.41, 5.74) is 5.85. The number of carbonyl (C=O) groups excluding carboxylic acids is 4. The summed E-state index contributed by atoms with van der Waals surface area (Å²) < 4.78 is 15.9. The Morgan fingerprint density at radius 1 is 1.07 bits per heavy atom. The molecule has 0 saturated carbocycles. The molecule has 0 unspecified atom stereocenters. The molecule has 0 aliphatic heterocycles. The van der Waals surface area contributed by atoms with Crippen molar-refractivity contribution in [2.24, 2.45) is 12.8 Å². The predicted octanol–water partition coefficient (Wildman–Crippen LogP) is 1.85. The third kappa shape index (κ3) is 13.1. The quantitative estimate of drug-likeness (QED) is 0.218. The molecule has 10 nitrogen and oxygen atoms in total. The van der Waals surface area contributed by atoms with Crippen LogP contribution in [0.2, 0.25) is 0 Å². The van der Waals surface area contributed by atoms with Crippen molar-refractivity contribution in [1.29, 1.82) is 0 Å². The topological polar surface area (TPSA) is 140 Å². The summed E-state index contributed by atoms with van der Waals surface area (Å²) in [6.07, 6.45) is 3.24. The molecule has 1 heterocycles. The number of amides is 1. The number of rotatable bonds is 8. The van der Waals surface area contributed by atoms with Gasteiger partial charge in [-0.2, -0.15) is 5.10 Å². The van der Waals surface area contributed by atoms with Gasteiger partial charge in [-0.05, 0) is 34.6 Å². The molecule has 10 heteroatoms. The minimum atomic E-state index is -0.636. The smallest absolute Gasteiger partial charge is 0.344 e. The second kappa shape index (κ2) is 16.8. The largest absolute Gasteiger partial charge is 0.500 e. The van der Waals surface area contributed by atoms with Gasteiger partial charge in [0.1, 0.15) is 17.4 Å². The highest BCUT2D eigenvalue weighted by Crippen LogP contribution is 2.06. The molecule has 1 amide bonds. The van der Waals surface area contributed by atoms with Crippen LogP contribution in [0.25, 0.3) is 0 Å². The normalized spacial score (nSPS) is 9.90. The zero-order valence-electron chi connectivity index (χ0n) is 18.8. The molecule has 170 valence electrons. The number of esters is 2. The molecule has 1 aromatic heterocycles. The number of nitrogens with two attached hydrogens (primary N) is 1. The maximum atomic E-state index is 11.2. The van der Waals surface area contributed by atoms with E-state index in [4.69, 9.17) is 9.47 Å². The lowest BCUT2D eigenvalue weighted by atomic mass is 10.2. The van der Waals surface area contributed by atoms with Crippen LogP contribution in [-0.4, -0.2) is 53.2 Å². The second-order valence-electron chi connectivity index (χ2n) is 5.61. The first-order valence-electron chi connectivity index (χ1n) is 9.50. The highest BCUT2D eigenvalue weighted by Gasteiger charge is 2.15. The fourth-order valence-electron chi connectivity index (χ4n) is 1.66. The van der Waals surface area contributed by atoms with Gasteiger partial charge in [-0.25, -0.2) is 9.59 Å². The Morgan fingerprint density at radius 3 is 1.93 bits per heavy atom. The molecule has 0 spiro atoms. The fourth-order valence-corrected chi connectivity index (χ4v) is 1.66. The molecule has 0 aromatic carbocycles. The van der Waals surface area contributed by atoms with Crippen LogP contribution in [0.5, 0.6) is 0 Å². The Kier molecular flexibility index (Phi) is 16.2. The van der Waals surface area contributed by atoms with Crippen LogP contribution in [-0.2, 0) is 35.6 Å². The standard InChI is InChI=1S/C9H14O4.C8H12N2O2.C3H7NO/c1-4-12-6-8(7(3)10)9(11)13-5-2;1-4-12-8(11)7-5-10(3)9-6(7)2;1-2-3(4)5/h6H,4-5H2,1-3H3;5H,4H2,1-3H3;2H2,1H3,(H2,4,5). The van der Waals surface area contributed by atoms with Crippen LogP contribution in [0.15, 0.2) is 18.0 Å². The Balaban J connectivity index is 0. The van der Waals surface area contributed by atoms with Crippen LogP contribution in [0.3, 0.4) is 0 Å². The molecule has 0 bridgehead atoms. The summed E-state index contributed by atoms with van der Waals surface area (Å²) in [7, 11) is 1.77. The SMILES string of the molecule is CCC(N)=O.CCOC(=O)c1cn(C)nc1C.CCOC=C(C(C)=O)C(=O)OCC. The van der Waals surface area contributed by atoms with Crippen LogP contribution >= 0.6 is 0 Å². The van der Waals surface area contributed by atoms with E-state index in [1.54, 1.807) is 52.5 Å². The van der Waals surface area contributed by atoms with Crippen molar-refractivity contribution in [3.8, 4) is 0 Å². The van der Waals surface area contributed by atoms with Gasteiger partial charge in [0.2, 0.25) is 5.91 Å². The summed E-state index contributed by atoms with van der Waals surface area (Å²) in [5, 5.41) is 4.03. The number of Topliss-reactive ketones (excluding diaryl/α,β-unsaturated/α-hetero) is 1. The summed E-state index contributed by atoms with van der Waals surface area (Å²) >= 11 is 0. The average Bonchev–Trinajstić information content (AvgIpc) is 3.01. The zero-order chi connectivity index (χ0) is 23.7. The lowest BCUT2D eigenvalue weighted by Gasteiger charge is -2.03. The highest BCUT2D eigenvalue weighted by molar-refractivity contribution is 6.16. The monoisotopic (exact) mass is 427 g/mol. The maximum Gasteiger partial charge on any atom is 0.344 e. The van der Waals surface area contributed by atoms with Gasteiger partial charge in [-0.3, -0.25) is 14.3 Å². The molecule has 0 aliphatic carbocycles. The van der Waals surface area contributed by atoms with Gasteiger partial charge in [-0.15, -0.1) is 0 Å². The molecule has 1 rings (SSSR count). The third-order valence-electron chi connectivity index (χ3n) is 3.10. The van der Waals surface area contributed by atoms with E-state index < -0.39 is 5.97 Å². The van der Waals surface area contributed by atoms with E-state index >= 15 is 0 Å². The van der Waals surface area contributed by atoms with Crippen molar-refractivity contribution in [2.75, 3.05) is 19.8 Å². The minimum absolute atomic E-state index is 0.0521. The molecular formula is C20H33N3O7. The van der Waals surface area contributed by atoms with E-state index in [2.05, 4.69) is 15.6 Å². The van der Waals surface area contributed by atoms with E-state index in [0.717, 1.165) is 6.26 Å². The summed E-state index contributed by atoms with van der Waals surface area (Å²) in [4.78, 5) is 42.8. The number of ether oxygens (including phenoxy) is 3. The Labute approximate surface area is 177 Å². The zero-order valence-corrected chi connectivity index (χ0v) is 18.8. The van der Waals surface area contributed by atoms with E-state index in [1.807, 2.05) is 0 Å². The van der Waals surface area contributed by atoms with Gasteiger partial charge in [0.25, 0.3) is 0 Å². The predicted molar refractivity (Wildman–Crippen MR) is 110 cm³/mol. The third-order valence-corrected chi connectivity index (χ3v) is 3.10. The molecule has 2 N–H and O–H groups in total. The minimum Gasteiger partial charge on any atom is -0.500 e. The molecule has 0 saturated heterocycles. The van der Waals surface area contributed by atoms with E-state index in [-0.39, 0.29) is 29.8 Å². The molecule has 30 heavy (non-hydrogen) atoms. The average molecular weight is 427 g/mol. The summed E-state index contributed by atoms with van der Waals surface area (Å²) in [6, 6.07) is 0. The number of nitrogens with zero attached hydrogens (tertiary/aromatic N) is 2. The number of aryl methyl sites for hydroxylation is 2. The highest BCUT2D eigenvalue weighted by atomic mass is 16.5. The fraction of sp³-hybridized carbons (Fsp3) is 0.550. The van der Waals surface area contributed by atoms with Gasteiger partial charge in [0.05, 0.1) is 25.5 Å². The lowest BCUT2D eigenvalue weighted by molar-refractivity contribution is -0.140. The number of hydrogen-bond acceptors (Lipinski definition) is 8. The number of ketones is 1. The van der Waals surface area contributed by atoms with Crippen molar-refractivity contribution in [2.45, 2.75) is 48.0 Å². The molecular weight excluding hydrogens is 394 g/mol. The van der Waals surface area contributed by atoms with Crippen LogP contribution in [0, 0.1) is 6.92 Å². The lowest BCUT2D eigenvalue weighted by Crippen LogP contribution is -2.14. The van der Waals surface area contributed by atoms with Crippen LogP contribution in [0.1, 0.15) is 57.1 Å². The Hall–Kier alpha value is -3.17. The van der Waals surface area contributed by atoms with Crippen LogP contribution < -0.4 is 5.73 Å². The van der Waals surface area contributed by atoms with Crippen molar-refractivity contribution in [1.82, 2.24) is 9.78 Å². The first-order valence-corrected chi connectivity index (χ1v) is 9.50. The first-order chi connectivity index (χ1) is 14.0.